The first-order valence-corrected chi connectivity index (χ1v) is 3.44. The fourth-order valence-corrected chi connectivity index (χ4v) is 0.889. The molecule has 0 bridgehead atoms. The van der Waals surface area contributed by atoms with Crippen molar-refractivity contribution in [2.75, 3.05) is 6.61 Å². The van der Waals surface area contributed by atoms with E-state index in [-0.39, 0.29) is 6.04 Å². The van der Waals surface area contributed by atoms with Crippen LogP contribution in [0, 0.1) is 5.92 Å². The molecule has 2 nitrogen and oxygen atoms in total. The number of nitrogens with zero attached hydrogens (tertiary/aromatic N) is 1. The van der Waals surface area contributed by atoms with Crippen LogP contribution in [-0.4, -0.2) is 18.0 Å². The quantitative estimate of drug-likeness (QED) is 0.553. The summed E-state index contributed by atoms with van der Waals surface area (Å²) in [6.07, 6.45) is 0. The molecule has 3 heteroatoms. The Bertz CT molecular complexity index is 133. The van der Waals surface area contributed by atoms with E-state index in [0.717, 1.165) is 0 Å². The zero-order valence-corrected chi connectivity index (χ0v) is 6.35. The van der Waals surface area contributed by atoms with Crippen LogP contribution in [0.4, 0.5) is 0 Å². The largest absolute Gasteiger partial charge is 0.467 e. The topological polar surface area (TPSA) is 21.6 Å². The third-order valence-corrected chi connectivity index (χ3v) is 1.62. The van der Waals surface area contributed by atoms with Crippen molar-refractivity contribution in [2.45, 2.75) is 19.9 Å². The van der Waals surface area contributed by atoms with Crippen molar-refractivity contribution in [1.82, 2.24) is 0 Å². The lowest BCUT2D eigenvalue weighted by atomic mass is 10.1. The van der Waals surface area contributed by atoms with Crippen LogP contribution in [0.25, 0.3) is 0 Å². The average Bonchev–Trinajstić information content (AvgIpc) is 2.14. The molecule has 0 aromatic rings. The summed E-state index contributed by atoms with van der Waals surface area (Å²) >= 11 is 5.48. The van der Waals surface area contributed by atoms with Gasteiger partial charge in [-0.3, -0.25) is 0 Å². The lowest BCUT2D eigenvalue weighted by molar-refractivity contribution is 0.296. The van der Waals surface area contributed by atoms with Crippen molar-refractivity contribution >= 4 is 17.0 Å². The minimum absolute atomic E-state index is 0.275. The van der Waals surface area contributed by atoms with E-state index in [1.165, 1.54) is 0 Å². The van der Waals surface area contributed by atoms with Crippen LogP contribution >= 0.6 is 11.6 Å². The lowest BCUT2D eigenvalue weighted by Crippen LogP contribution is -2.13. The van der Waals surface area contributed by atoms with Crippen molar-refractivity contribution in [3.8, 4) is 0 Å². The fourth-order valence-electron chi connectivity index (χ4n) is 0.701. The molecule has 0 aromatic carbocycles. The van der Waals surface area contributed by atoms with Crippen LogP contribution in [0.15, 0.2) is 4.99 Å². The van der Waals surface area contributed by atoms with E-state index in [1.807, 2.05) is 0 Å². The highest BCUT2D eigenvalue weighted by Crippen LogP contribution is 2.14. The molecule has 0 aliphatic carbocycles. The van der Waals surface area contributed by atoms with Gasteiger partial charge in [0.25, 0.3) is 5.36 Å². The Labute approximate surface area is 59.9 Å². The van der Waals surface area contributed by atoms with Gasteiger partial charge in [0.05, 0.1) is 6.04 Å². The molecule has 0 aromatic heterocycles. The van der Waals surface area contributed by atoms with Gasteiger partial charge in [-0.15, -0.1) is 0 Å². The Morgan fingerprint density at radius 3 is 2.67 bits per heavy atom. The number of aliphatic imine (C=N–C) groups is 1. The number of hydrogen-bond donors (Lipinski definition) is 0. The molecule has 0 spiro atoms. The van der Waals surface area contributed by atoms with Crippen LogP contribution in [0.2, 0.25) is 0 Å². The van der Waals surface area contributed by atoms with Gasteiger partial charge in [-0.2, -0.15) is 0 Å². The highest BCUT2D eigenvalue weighted by atomic mass is 35.5. The minimum Gasteiger partial charge on any atom is -0.467 e. The second-order valence-corrected chi connectivity index (χ2v) is 2.83. The first-order valence-electron chi connectivity index (χ1n) is 3.06. The minimum atomic E-state index is 0.275. The van der Waals surface area contributed by atoms with E-state index in [0.29, 0.717) is 17.9 Å². The van der Waals surface area contributed by atoms with Gasteiger partial charge in [0.15, 0.2) is 0 Å². The van der Waals surface area contributed by atoms with Crippen molar-refractivity contribution in [1.29, 1.82) is 0 Å². The van der Waals surface area contributed by atoms with E-state index < -0.39 is 0 Å². The van der Waals surface area contributed by atoms with Crippen molar-refractivity contribution < 1.29 is 4.74 Å². The molecule has 0 saturated heterocycles. The van der Waals surface area contributed by atoms with Gasteiger partial charge in [0.1, 0.15) is 6.61 Å². The number of halogens is 1. The first kappa shape index (κ1) is 6.87. The SMILES string of the molecule is CC(C)[C@H]1COC(Cl)=N1. The fraction of sp³-hybridized carbons (Fsp3) is 0.833. The highest BCUT2D eigenvalue weighted by molar-refractivity contribution is 6.63. The van der Waals surface area contributed by atoms with Crippen LogP contribution in [0.5, 0.6) is 0 Å². The van der Waals surface area contributed by atoms with Gasteiger partial charge in [-0.1, -0.05) is 13.8 Å². The Balaban J connectivity index is 2.47. The molecule has 1 heterocycles. The van der Waals surface area contributed by atoms with E-state index in [1.54, 1.807) is 0 Å². The monoisotopic (exact) mass is 147 g/mol. The van der Waals surface area contributed by atoms with Gasteiger partial charge in [-0.05, 0) is 17.5 Å². The lowest BCUT2D eigenvalue weighted by Gasteiger charge is -2.06. The maximum atomic E-state index is 5.48. The van der Waals surface area contributed by atoms with Gasteiger partial charge in [0.2, 0.25) is 0 Å². The third kappa shape index (κ3) is 1.58. The van der Waals surface area contributed by atoms with Gasteiger partial charge in [-0.25, -0.2) is 4.99 Å². The first-order chi connectivity index (χ1) is 4.20. The van der Waals surface area contributed by atoms with Crippen LogP contribution < -0.4 is 0 Å². The molecule has 1 aliphatic rings. The number of ether oxygens (including phenoxy) is 1. The Morgan fingerprint density at radius 1 is 1.78 bits per heavy atom. The van der Waals surface area contributed by atoms with Gasteiger partial charge < -0.3 is 4.74 Å². The smallest absolute Gasteiger partial charge is 0.282 e. The second kappa shape index (κ2) is 2.56. The van der Waals surface area contributed by atoms with Gasteiger partial charge >= 0.3 is 0 Å². The summed E-state index contributed by atoms with van der Waals surface area (Å²) in [6.45, 7) is 4.86. The molecule has 0 radical (unpaired) electrons. The van der Waals surface area contributed by atoms with E-state index in [4.69, 9.17) is 16.3 Å². The molecule has 1 atom stereocenters. The molecule has 0 fully saturated rings. The molecular formula is C6H10ClNO. The summed E-state index contributed by atoms with van der Waals surface area (Å²) in [6, 6.07) is 0.275. The van der Waals surface area contributed by atoms with Gasteiger partial charge in [0, 0.05) is 0 Å². The predicted molar refractivity (Wildman–Crippen MR) is 37.9 cm³/mol. The molecule has 1 rings (SSSR count). The summed E-state index contributed by atoms with van der Waals surface area (Å²) in [5.74, 6) is 0.529. The number of rotatable bonds is 1. The van der Waals surface area contributed by atoms with Crippen LogP contribution in [0.1, 0.15) is 13.8 Å². The maximum Gasteiger partial charge on any atom is 0.282 e. The molecule has 0 amide bonds. The molecule has 0 saturated carbocycles. The average molecular weight is 148 g/mol. The number of hydrogen-bond acceptors (Lipinski definition) is 2. The molecule has 1 aliphatic heterocycles. The normalized spacial score (nSPS) is 26.2. The summed E-state index contributed by atoms with van der Waals surface area (Å²) in [5.41, 5.74) is 0. The Hall–Kier alpha value is -0.240. The van der Waals surface area contributed by atoms with Crippen LogP contribution in [0.3, 0.4) is 0 Å². The summed E-state index contributed by atoms with van der Waals surface area (Å²) in [7, 11) is 0. The standard InChI is InChI=1S/C6H10ClNO/c1-4(2)5-3-9-6(7)8-5/h4-5H,3H2,1-2H3/t5-/m1/s1. The highest BCUT2D eigenvalue weighted by Gasteiger charge is 2.19. The molecule has 0 N–H and O–H groups in total. The maximum absolute atomic E-state index is 5.48. The molecule has 52 valence electrons. The van der Waals surface area contributed by atoms with E-state index in [2.05, 4.69) is 18.8 Å². The van der Waals surface area contributed by atoms with Crippen molar-refractivity contribution in [3.63, 3.8) is 0 Å². The third-order valence-electron chi connectivity index (χ3n) is 1.41. The second-order valence-electron chi connectivity index (χ2n) is 2.50. The zero-order chi connectivity index (χ0) is 6.85. The van der Waals surface area contributed by atoms with E-state index >= 15 is 0 Å². The summed E-state index contributed by atoms with van der Waals surface area (Å²) in [5, 5.41) is 0.314. The molecular weight excluding hydrogens is 138 g/mol. The zero-order valence-electron chi connectivity index (χ0n) is 5.60. The van der Waals surface area contributed by atoms with Crippen molar-refractivity contribution in [3.05, 3.63) is 0 Å². The van der Waals surface area contributed by atoms with Crippen molar-refractivity contribution in [2.24, 2.45) is 10.9 Å². The summed E-state index contributed by atoms with van der Waals surface area (Å²) < 4.78 is 4.94. The van der Waals surface area contributed by atoms with Crippen LogP contribution in [-0.2, 0) is 4.74 Å². The van der Waals surface area contributed by atoms with E-state index in [9.17, 15) is 0 Å². The Kier molecular flexibility index (Phi) is 1.96. The predicted octanol–water partition coefficient (Wildman–Crippen LogP) is 1.64. The molecule has 9 heavy (non-hydrogen) atoms. The Morgan fingerprint density at radius 2 is 2.44 bits per heavy atom. The molecule has 0 unspecified atom stereocenters. The summed E-state index contributed by atoms with van der Waals surface area (Å²) in [4.78, 5) is 4.05.